The Kier molecular flexibility index (Phi) is 8.47. The summed E-state index contributed by atoms with van der Waals surface area (Å²) >= 11 is 0. The number of carbonyl (C=O) groups is 1. The Morgan fingerprint density at radius 1 is 1.21 bits per heavy atom. The molecule has 1 atom stereocenters. The zero-order valence-corrected chi connectivity index (χ0v) is 18.5. The van der Waals surface area contributed by atoms with Gasteiger partial charge in [0.15, 0.2) is 0 Å². The zero-order valence-electron chi connectivity index (χ0n) is 18.5. The smallest absolute Gasteiger partial charge is 0.387 e. The van der Waals surface area contributed by atoms with Gasteiger partial charge in [-0.25, -0.2) is 9.38 Å². The molecular formula is C23H29F4N3O3. The number of amidine groups is 1. The average molecular weight is 471 g/mol. The normalized spacial score (nSPS) is 21.1. The van der Waals surface area contributed by atoms with E-state index in [1.165, 1.54) is 12.1 Å². The number of benzene rings is 1. The Morgan fingerprint density at radius 3 is 2.55 bits per heavy atom. The molecule has 6 nitrogen and oxygen atoms in total. The molecule has 2 fully saturated rings. The largest absolute Gasteiger partial charge is 0.419 e. The van der Waals surface area contributed by atoms with Crippen molar-refractivity contribution in [1.82, 2.24) is 5.32 Å². The molecule has 33 heavy (non-hydrogen) atoms. The van der Waals surface area contributed by atoms with Crippen LogP contribution >= 0.6 is 0 Å². The maximum atomic E-state index is 14.8. The van der Waals surface area contributed by atoms with E-state index in [0.717, 1.165) is 6.42 Å². The van der Waals surface area contributed by atoms with Gasteiger partial charge >= 0.3 is 6.18 Å². The van der Waals surface area contributed by atoms with Crippen LogP contribution in [0.1, 0.15) is 50.2 Å². The molecule has 0 spiro atoms. The summed E-state index contributed by atoms with van der Waals surface area (Å²) in [5.41, 5.74) is 5.10. The lowest BCUT2D eigenvalue weighted by molar-refractivity contribution is -0.140. The summed E-state index contributed by atoms with van der Waals surface area (Å²) in [5.74, 6) is -1.44. The fourth-order valence-electron chi connectivity index (χ4n) is 4.11. The Labute approximate surface area is 190 Å². The summed E-state index contributed by atoms with van der Waals surface area (Å²) in [4.78, 5) is 17.1. The molecule has 182 valence electrons. The third kappa shape index (κ3) is 7.01. The van der Waals surface area contributed by atoms with Crippen LogP contribution in [0, 0.1) is 5.82 Å². The van der Waals surface area contributed by atoms with Crippen molar-refractivity contribution in [2.75, 3.05) is 19.8 Å². The van der Waals surface area contributed by atoms with E-state index >= 15 is 0 Å². The second-order valence-electron chi connectivity index (χ2n) is 8.31. The van der Waals surface area contributed by atoms with Crippen LogP contribution in [0.3, 0.4) is 0 Å². The number of amides is 1. The van der Waals surface area contributed by atoms with E-state index in [0.29, 0.717) is 56.4 Å². The Hall–Kier alpha value is -2.46. The zero-order chi connectivity index (χ0) is 24.0. The quantitative estimate of drug-likeness (QED) is 0.359. The minimum atomic E-state index is -4.81. The fraction of sp³-hybridized carbons (Fsp3) is 0.565. The number of rotatable bonds is 7. The van der Waals surface area contributed by atoms with Crippen molar-refractivity contribution in [3.8, 4) is 0 Å². The van der Waals surface area contributed by atoms with Crippen molar-refractivity contribution in [2.45, 2.75) is 63.8 Å². The van der Waals surface area contributed by atoms with Crippen LogP contribution in [-0.2, 0) is 26.9 Å². The van der Waals surface area contributed by atoms with E-state index in [4.69, 9.17) is 15.2 Å². The lowest BCUT2D eigenvalue weighted by atomic mass is 9.94. The first kappa shape index (κ1) is 25.2. The fourth-order valence-corrected chi connectivity index (χ4v) is 4.11. The highest BCUT2D eigenvalue weighted by Gasteiger charge is 2.35. The Morgan fingerprint density at radius 2 is 1.94 bits per heavy atom. The van der Waals surface area contributed by atoms with E-state index in [1.54, 1.807) is 6.92 Å². The number of nitrogens with zero attached hydrogens (tertiary/aromatic N) is 1. The van der Waals surface area contributed by atoms with Crippen molar-refractivity contribution in [1.29, 1.82) is 0 Å². The van der Waals surface area contributed by atoms with Crippen molar-refractivity contribution in [2.24, 2.45) is 10.7 Å². The first-order chi connectivity index (χ1) is 15.6. The third-order valence-corrected chi connectivity index (χ3v) is 5.68. The minimum absolute atomic E-state index is 0.0254. The van der Waals surface area contributed by atoms with Crippen LogP contribution in [0.5, 0.6) is 0 Å². The molecule has 1 unspecified atom stereocenters. The predicted molar refractivity (Wildman–Crippen MR) is 115 cm³/mol. The van der Waals surface area contributed by atoms with Gasteiger partial charge in [-0.2, -0.15) is 13.2 Å². The first-order valence-electron chi connectivity index (χ1n) is 11.0. The van der Waals surface area contributed by atoms with Crippen LogP contribution in [-0.4, -0.2) is 43.7 Å². The molecule has 3 rings (SSSR count). The van der Waals surface area contributed by atoms with Gasteiger partial charge in [-0.3, -0.25) is 4.79 Å². The van der Waals surface area contributed by atoms with Gasteiger partial charge in [0.2, 0.25) is 5.91 Å². The van der Waals surface area contributed by atoms with E-state index in [9.17, 15) is 22.4 Å². The van der Waals surface area contributed by atoms with Crippen LogP contribution in [0.25, 0.3) is 0 Å². The van der Waals surface area contributed by atoms with Crippen LogP contribution in [0.2, 0.25) is 0 Å². The summed E-state index contributed by atoms with van der Waals surface area (Å²) in [7, 11) is 0. The highest BCUT2D eigenvalue weighted by atomic mass is 19.4. The van der Waals surface area contributed by atoms with Gasteiger partial charge in [-0.15, -0.1) is 0 Å². The topological polar surface area (TPSA) is 85.9 Å². The molecule has 2 aliphatic heterocycles. The number of carbonyl (C=O) groups excluding carboxylic acids is 1. The van der Waals surface area contributed by atoms with Gasteiger partial charge in [0, 0.05) is 32.3 Å². The van der Waals surface area contributed by atoms with Gasteiger partial charge in [0.25, 0.3) is 0 Å². The molecule has 3 N–H and O–H groups in total. The van der Waals surface area contributed by atoms with Crippen LogP contribution in [0.15, 0.2) is 34.5 Å². The number of alkyl halides is 3. The number of aliphatic imine (C=N–C) groups is 1. The molecule has 2 saturated heterocycles. The van der Waals surface area contributed by atoms with E-state index in [-0.39, 0.29) is 36.2 Å². The lowest BCUT2D eigenvalue weighted by Gasteiger charge is -2.24. The molecule has 0 radical (unpaired) electrons. The van der Waals surface area contributed by atoms with Crippen molar-refractivity contribution in [3.05, 3.63) is 46.4 Å². The van der Waals surface area contributed by atoms with E-state index in [1.807, 2.05) is 0 Å². The molecule has 0 aromatic heterocycles. The summed E-state index contributed by atoms with van der Waals surface area (Å²) in [6, 6.07) is 3.16. The number of halogens is 4. The number of ether oxygens (including phenoxy) is 2. The van der Waals surface area contributed by atoms with Gasteiger partial charge < -0.3 is 20.5 Å². The first-order valence-corrected chi connectivity index (χ1v) is 11.0. The number of nitrogens with two attached hydrogens (primary N) is 1. The SMILES string of the molecule is C/C(N)=N/C(CC(=O)NC1CCOCC1)=C(\Cc1cccc(C(F)(F)F)c1F)C1CCCO1. The molecule has 0 bridgehead atoms. The Bertz CT molecular complexity index is 899. The second kappa shape index (κ2) is 11.1. The highest BCUT2D eigenvalue weighted by molar-refractivity contribution is 5.82. The minimum Gasteiger partial charge on any atom is -0.387 e. The molecular weight excluding hydrogens is 442 g/mol. The van der Waals surface area contributed by atoms with Crippen molar-refractivity contribution >= 4 is 11.7 Å². The summed E-state index contributed by atoms with van der Waals surface area (Å²) < 4.78 is 65.5. The van der Waals surface area contributed by atoms with Gasteiger partial charge in [0.05, 0.1) is 29.6 Å². The van der Waals surface area contributed by atoms with Gasteiger partial charge in [-0.1, -0.05) is 12.1 Å². The van der Waals surface area contributed by atoms with Crippen LogP contribution in [0.4, 0.5) is 17.6 Å². The maximum Gasteiger partial charge on any atom is 0.419 e. The number of nitrogens with one attached hydrogen (secondary N) is 1. The highest BCUT2D eigenvalue weighted by Crippen LogP contribution is 2.34. The third-order valence-electron chi connectivity index (χ3n) is 5.68. The van der Waals surface area contributed by atoms with E-state index in [2.05, 4.69) is 10.3 Å². The van der Waals surface area contributed by atoms with Gasteiger partial charge in [0.1, 0.15) is 5.82 Å². The summed E-state index contributed by atoms with van der Waals surface area (Å²) in [6.45, 7) is 3.13. The number of hydrogen-bond donors (Lipinski definition) is 2. The molecule has 1 aromatic carbocycles. The van der Waals surface area contributed by atoms with Crippen molar-refractivity contribution in [3.63, 3.8) is 0 Å². The molecule has 0 saturated carbocycles. The average Bonchev–Trinajstić information content (AvgIpc) is 3.26. The predicted octanol–water partition coefficient (Wildman–Crippen LogP) is 3.88. The maximum absolute atomic E-state index is 14.8. The van der Waals surface area contributed by atoms with Crippen molar-refractivity contribution < 1.29 is 31.8 Å². The van der Waals surface area contributed by atoms with E-state index < -0.39 is 23.7 Å². The van der Waals surface area contributed by atoms with Gasteiger partial charge in [-0.05, 0) is 49.8 Å². The monoisotopic (exact) mass is 471 g/mol. The molecule has 2 aliphatic rings. The standard InChI is InChI=1S/C23H29F4N3O3/c1-14(28)29-19(13-21(31)30-16-7-10-32-11-8-16)17(20-6-3-9-33-20)12-15-4-2-5-18(22(15)24)23(25,26)27/h2,4-5,16,20H,3,6-13H2,1H3,(H2,28,29)(H,30,31)/b19-17+. The molecule has 1 amide bonds. The Balaban J connectivity index is 1.94. The molecule has 0 aliphatic carbocycles. The molecule has 2 heterocycles. The second-order valence-corrected chi connectivity index (χ2v) is 8.31. The number of hydrogen-bond acceptors (Lipinski definition) is 4. The van der Waals surface area contributed by atoms with Crippen LogP contribution < -0.4 is 11.1 Å². The lowest BCUT2D eigenvalue weighted by Crippen LogP contribution is -2.39. The summed E-state index contributed by atoms with van der Waals surface area (Å²) in [6.07, 6.45) is -2.87. The summed E-state index contributed by atoms with van der Waals surface area (Å²) in [5, 5.41) is 2.95. The molecule has 10 heteroatoms. The molecule has 1 aromatic rings.